The molecule has 0 spiro atoms. The van der Waals surface area contributed by atoms with Gasteiger partial charge in [-0.05, 0) is 62.4 Å². The Kier molecular flexibility index (Phi) is 15.3. The van der Waals surface area contributed by atoms with E-state index in [4.69, 9.17) is 4.74 Å². The van der Waals surface area contributed by atoms with Gasteiger partial charge in [-0.3, -0.25) is 9.59 Å². The maximum absolute atomic E-state index is 13.3. The fraction of sp³-hybridized carbons (Fsp3) is 0.548. The summed E-state index contributed by atoms with van der Waals surface area (Å²) < 4.78 is 5.59. The Balaban J connectivity index is 2.03. The highest BCUT2D eigenvalue weighted by Crippen LogP contribution is 2.12. The fourth-order valence-corrected chi connectivity index (χ4v) is 4.27. The van der Waals surface area contributed by atoms with Crippen LogP contribution in [0, 0.1) is 0 Å². The van der Waals surface area contributed by atoms with Crippen molar-refractivity contribution >= 4 is 11.8 Å². The van der Waals surface area contributed by atoms with E-state index in [1.807, 2.05) is 49.1 Å². The second-order valence-electron chi connectivity index (χ2n) is 9.73. The number of hydrogen-bond acceptors (Lipinski definition) is 5. The number of nitrogens with one attached hydrogen (secondary N) is 2. The molecule has 2 atom stereocenters. The SMILES string of the molecule is CCCCOCCCNC[C@@H](O)[C@H](Cc1ccccc1)NC(=O)c1cccc(C(=O)N(CCC)CCC)c1. The van der Waals surface area contributed by atoms with Gasteiger partial charge in [0.1, 0.15) is 0 Å². The molecule has 38 heavy (non-hydrogen) atoms. The van der Waals surface area contributed by atoms with Gasteiger partial charge < -0.3 is 25.4 Å². The molecule has 0 heterocycles. The maximum Gasteiger partial charge on any atom is 0.253 e. The zero-order chi connectivity index (χ0) is 27.6. The second-order valence-corrected chi connectivity index (χ2v) is 9.73. The molecule has 2 rings (SSSR count). The number of hydrogen-bond donors (Lipinski definition) is 3. The Hall–Kier alpha value is -2.74. The first-order valence-corrected chi connectivity index (χ1v) is 14.2. The highest BCUT2D eigenvalue weighted by molar-refractivity contribution is 5.99. The second kappa shape index (κ2) is 18.5. The van der Waals surface area contributed by atoms with E-state index >= 15 is 0 Å². The van der Waals surface area contributed by atoms with Crippen molar-refractivity contribution in [2.45, 2.75) is 71.4 Å². The summed E-state index contributed by atoms with van der Waals surface area (Å²) in [5, 5.41) is 17.3. The zero-order valence-electron chi connectivity index (χ0n) is 23.5. The van der Waals surface area contributed by atoms with Crippen molar-refractivity contribution in [2.75, 3.05) is 39.4 Å². The Morgan fingerprint density at radius 2 is 1.58 bits per heavy atom. The van der Waals surface area contributed by atoms with Gasteiger partial charge in [0.05, 0.1) is 12.1 Å². The summed E-state index contributed by atoms with van der Waals surface area (Å²) in [6, 6.07) is 16.2. The van der Waals surface area contributed by atoms with Crippen LogP contribution in [0.15, 0.2) is 54.6 Å². The van der Waals surface area contributed by atoms with Gasteiger partial charge in [0.25, 0.3) is 11.8 Å². The van der Waals surface area contributed by atoms with Crippen molar-refractivity contribution in [1.29, 1.82) is 0 Å². The predicted octanol–water partition coefficient (Wildman–Crippen LogP) is 4.45. The van der Waals surface area contributed by atoms with Crippen molar-refractivity contribution in [2.24, 2.45) is 0 Å². The van der Waals surface area contributed by atoms with Crippen LogP contribution in [0.2, 0.25) is 0 Å². The molecular weight excluding hydrogens is 478 g/mol. The van der Waals surface area contributed by atoms with Gasteiger partial charge in [0, 0.05) is 44.0 Å². The van der Waals surface area contributed by atoms with E-state index in [0.717, 1.165) is 50.8 Å². The lowest BCUT2D eigenvalue weighted by Crippen LogP contribution is -2.49. The molecule has 0 aliphatic carbocycles. The summed E-state index contributed by atoms with van der Waals surface area (Å²) in [5.74, 6) is -0.367. The highest BCUT2D eigenvalue weighted by Gasteiger charge is 2.23. The van der Waals surface area contributed by atoms with Gasteiger partial charge in [-0.25, -0.2) is 0 Å². The third kappa shape index (κ3) is 11.3. The normalized spacial score (nSPS) is 12.6. The van der Waals surface area contributed by atoms with Gasteiger partial charge in [0.2, 0.25) is 0 Å². The van der Waals surface area contributed by atoms with Gasteiger partial charge >= 0.3 is 0 Å². The number of benzene rings is 2. The molecule has 7 nitrogen and oxygen atoms in total. The molecule has 7 heteroatoms. The number of nitrogens with zero attached hydrogens (tertiary/aromatic N) is 1. The fourth-order valence-electron chi connectivity index (χ4n) is 4.27. The van der Waals surface area contributed by atoms with Crippen LogP contribution < -0.4 is 10.6 Å². The lowest BCUT2D eigenvalue weighted by molar-refractivity contribution is 0.0755. The number of carbonyl (C=O) groups excluding carboxylic acids is 2. The van der Waals surface area contributed by atoms with E-state index < -0.39 is 12.1 Å². The molecule has 0 unspecified atom stereocenters. The first-order chi connectivity index (χ1) is 18.5. The molecule has 0 aliphatic rings. The molecule has 0 saturated carbocycles. The maximum atomic E-state index is 13.3. The largest absolute Gasteiger partial charge is 0.390 e. The average Bonchev–Trinajstić information content (AvgIpc) is 2.94. The topological polar surface area (TPSA) is 90.9 Å². The standard InChI is InChI=1S/C31H47N3O4/c1-4-7-20-38-21-12-17-32-24-29(35)28(22-25-13-9-8-10-14-25)33-30(36)26-15-11-16-27(23-26)31(37)34(18-5-2)19-6-3/h8-11,13-16,23,28-29,32,35H,4-7,12,17-22,24H2,1-3H3,(H,33,36)/t28-,29+/m0/s1. The van der Waals surface area contributed by atoms with Crippen LogP contribution in [0.5, 0.6) is 0 Å². The van der Waals surface area contributed by atoms with E-state index in [-0.39, 0.29) is 11.8 Å². The molecule has 0 bridgehead atoms. The lowest BCUT2D eigenvalue weighted by atomic mass is 10.00. The van der Waals surface area contributed by atoms with Crippen LogP contribution in [0.1, 0.15) is 79.2 Å². The minimum atomic E-state index is -0.783. The van der Waals surface area contributed by atoms with E-state index in [2.05, 4.69) is 17.6 Å². The van der Waals surface area contributed by atoms with Crippen LogP contribution in [-0.2, 0) is 11.2 Å². The number of aliphatic hydroxyl groups is 1. The summed E-state index contributed by atoms with van der Waals surface area (Å²) in [5.41, 5.74) is 1.94. The third-order valence-corrected chi connectivity index (χ3v) is 6.36. The number of unbranched alkanes of at least 4 members (excludes halogenated alkanes) is 1. The van der Waals surface area contributed by atoms with Crippen molar-refractivity contribution in [3.8, 4) is 0 Å². The summed E-state index contributed by atoms with van der Waals surface area (Å²) in [4.78, 5) is 28.1. The van der Waals surface area contributed by atoms with Crippen LogP contribution in [0.4, 0.5) is 0 Å². The van der Waals surface area contributed by atoms with Crippen LogP contribution in [0.25, 0.3) is 0 Å². The monoisotopic (exact) mass is 525 g/mol. The van der Waals surface area contributed by atoms with Crippen LogP contribution in [0.3, 0.4) is 0 Å². The minimum Gasteiger partial charge on any atom is -0.390 e. The number of aliphatic hydroxyl groups excluding tert-OH is 1. The number of rotatable bonds is 19. The molecule has 0 saturated heterocycles. The van der Waals surface area contributed by atoms with Gasteiger partial charge in [0.15, 0.2) is 0 Å². The Labute approximate surface area is 229 Å². The smallest absolute Gasteiger partial charge is 0.253 e. The molecule has 0 aromatic heterocycles. The Morgan fingerprint density at radius 1 is 0.895 bits per heavy atom. The van der Waals surface area contributed by atoms with Gasteiger partial charge in [-0.15, -0.1) is 0 Å². The average molecular weight is 526 g/mol. The molecule has 2 aromatic carbocycles. The molecule has 2 aromatic rings. The van der Waals surface area contributed by atoms with Crippen molar-refractivity contribution in [1.82, 2.24) is 15.5 Å². The van der Waals surface area contributed by atoms with Crippen molar-refractivity contribution < 1.29 is 19.4 Å². The molecule has 3 N–H and O–H groups in total. The molecule has 0 radical (unpaired) electrons. The Bertz CT molecular complexity index is 932. The van der Waals surface area contributed by atoms with E-state index in [1.165, 1.54) is 0 Å². The van der Waals surface area contributed by atoms with Crippen molar-refractivity contribution in [3.05, 3.63) is 71.3 Å². The van der Waals surface area contributed by atoms with E-state index in [9.17, 15) is 14.7 Å². The minimum absolute atomic E-state index is 0.0629. The third-order valence-electron chi connectivity index (χ3n) is 6.36. The first kappa shape index (κ1) is 31.5. The van der Waals surface area contributed by atoms with Crippen LogP contribution in [-0.4, -0.2) is 73.4 Å². The summed E-state index contributed by atoms with van der Waals surface area (Å²) in [6.45, 7) is 10.2. The predicted molar refractivity (Wildman–Crippen MR) is 154 cm³/mol. The number of carbonyl (C=O) groups is 2. The quantitative estimate of drug-likeness (QED) is 0.236. The molecule has 2 amide bonds. The summed E-state index contributed by atoms with van der Waals surface area (Å²) in [7, 11) is 0. The van der Waals surface area contributed by atoms with Gasteiger partial charge in [-0.2, -0.15) is 0 Å². The molecular formula is C31H47N3O4. The zero-order valence-corrected chi connectivity index (χ0v) is 23.5. The molecule has 210 valence electrons. The molecule has 0 fully saturated rings. The summed E-state index contributed by atoms with van der Waals surface area (Å²) in [6.07, 6.45) is 4.52. The number of ether oxygens (including phenoxy) is 1. The lowest BCUT2D eigenvalue weighted by Gasteiger charge is -2.25. The Morgan fingerprint density at radius 3 is 2.26 bits per heavy atom. The summed E-state index contributed by atoms with van der Waals surface area (Å²) >= 11 is 0. The molecule has 0 aliphatic heterocycles. The van der Waals surface area contributed by atoms with Gasteiger partial charge in [-0.1, -0.05) is 63.6 Å². The highest BCUT2D eigenvalue weighted by atomic mass is 16.5. The number of amides is 2. The van der Waals surface area contributed by atoms with E-state index in [0.29, 0.717) is 43.8 Å². The van der Waals surface area contributed by atoms with Crippen molar-refractivity contribution in [3.63, 3.8) is 0 Å². The van der Waals surface area contributed by atoms with Crippen LogP contribution >= 0.6 is 0 Å². The van der Waals surface area contributed by atoms with E-state index in [1.54, 1.807) is 24.3 Å². The first-order valence-electron chi connectivity index (χ1n) is 14.2.